The zero-order chi connectivity index (χ0) is 16.1. The summed E-state index contributed by atoms with van der Waals surface area (Å²) in [5.74, 6) is 0.763. The van der Waals surface area contributed by atoms with Crippen molar-refractivity contribution in [2.45, 2.75) is 31.8 Å². The number of H-pyrrole nitrogens is 1. The largest absolute Gasteiger partial charge is 0.493 e. The molecule has 0 spiro atoms. The fraction of sp³-hybridized carbons (Fsp3) is 0.375. The van der Waals surface area contributed by atoms with Gasteiger partial charge in [0.25, 0.3) is 5.56 Å². The van der Waals surface area contributed by atoms with E-state index in [0.717, 1.165) is 23.4 Å². The second kappa shape index (κ2) is 7.70. The number of aryl methyl sites for hydroxylation is 1. The maximum atomic E-state index is 12.3. The summed E-state index contributed by atoms with van der Waals surface area (Å²) in [5.41, 5.74) is 2.16. The molecule has 1 heterocycles. The topological polar surface area (TPSA) is 55.0 Å². The molecule has 0 fully saturated rings. The molecule has 0 radical (unpaired) electrons. The minimum absolute atomic E-state index is 0.113. The Morgan fingerprint density at radius 3 is 2.82 bits per heavy atom. The Bertz CT molecular complexity index is 716. The molecular weight excluding hydrogens is 320 g/mol. The molecule has 1 aromatic heterocycles. The first-order valence-corrected chi connectivity index (χ1v) is 8.70. The number of benzene rings is 1. The zero-order valence-electron chi connectivity index (χ0n) is 12.9. The van der Waals surface area contributed by atoms with Crippen molar-refractivity contribution >= 4 is 23.4 Å². The van der Waals surface area contributed by atoms with Crippen LogP contribution in [0.15, 0.2) is 28.2 Å². The van der Waals surface area contributed by atoms with Crippen LogP contribution < -0.4 is 10.3 Å². The van der Waals surface area contributed by atoms with E-state index in [1.807, 2.05) is 25.3 Å². The van der Waals surface area contributed by atoms with Gasteiger partial charge in [0.2, 0.25) is 0 Å². The summed E-state index contributed by atoms with van der Waals surface area (Å²) in [7, 11) is 0. The molecule has 22 heavy (non-hydrogen) atoms. The summed E-state index contributed by atoms with van der Waals surface area (Å²) >= 11 is 7.50. The van der Waals surface area contributed by atoms with E-state index in [4.69, 9.17) is 16.3 Å². The van der Waals surface area contributed by atoms with E-state index in [1.165, 1.54) is 11.8 Å². The summed E-state index contributed by atoms with van der Waals surface area (Å²) in [6, 6.07) is 5.48. The van der Waals surface area contributed by atoms with Gasteiger partial charge in [-0.2, -0.15) is 0 Å². The highest BCUT2D eigenvalue weighted by molar-refractivity contribution is 7.98. The van der Waals surface area contributed by atoms with Gasteiger partial charge in [0, 0.05) is 28.3 Å². The average molecular weight is 339 g/mol. The highest BCUT2D eigenvalue weighted by Gasteiger charge is 2.12. The molecule has 0 atom stereocenters. The van der Waals surface area contributed by atoms with Crippen LogP contribution in [0.5, 0.6) is 5.75 Å². The molecular formula is C16H19ClN2O2S. The number of hydrogen-bond acceptors (Lipinski definition) is 4. The van der Waals surface area contributed by atoms with E-state index in [1.54, 1.807) is 6.07 Å². The summed E-state index contributed by atoms with van der Waals surface area (Å²) in [6.07, 6.45) is 3.25. The van der Waals surface area contributed by atoms with Crippen LogP contribution in [0, 0.1) is 6.92 Å². The molecule has 0 saturated heterocycles. The molecule has 0 aliphatic heterocycles. The Morgan fingerprint density at radius 2 is 2.18 bits per heavy atom. The van der Waals surface area contributed by atoms with Crippen molar-refractivity contribution in [3.8, 4) is 5.75 Å². The lowest BCUT2D eigenvalue weighted by Crippen LogP contribution is -2.18. The SMILES string of the molecule is CCCOc1ccc(Cl)cc1Cc1c(C)nc(SC)[nH]c1=O. The number of ether oxygens (including phenoxy) is 1. The van der Waals surface area contributed by atoms with E-state index in [0.29, 0.717) is 28.8 Å². The van der Waals surface area contributed by atoms with Crippen molar-refractivity contribution < 1.29 is 4.74 Å². The summed E-state index contributed by atoms with van der Waals surface area (Å²) in [5, 5.41) is 1.25. The predicted molar refractivity (Wildman–Crippen MR) is 91.4 cm³/mol. The molecule has 0 amide bonds. The monoisotopic (exact) mass is 338 g/mol. The van der Waals surface area contributed by atoms with Crippen molar-refractivity contribution in [2.75, 3.05) is 12.9 Å². The van der Waals surface area contributed by atoms with Crippen LogP contribution in [0.3, 0.4) is 0 Å². The Balaban J connectivity index is 2.38. The molecule has 1 N–H and O–H groups in total. The van der Waals surface area contributed by atoms with Crippen LogP contribution in [0.25, 0.3) is 0 Å². The fourth-order valence-electron chi connectivity index (χ4n) is 2.12. The van der Waals surface area contributed by atoms with Crippen LogP contribution in [0.2, 0.25) is 5.02 Å². The van der Waals surface area contributed by atoms with E-state index in [-0.39, 0.29) is 5.56 Å². The molecule has 1 aromatic carbocycles. The molecule has 118 valence electrons. The third-order valence-electron chi connectivity index (χ3n) is 3.25. The van der Waals surface area contributed by atoms with Crippen molar-refractivity contribution in [1.82, 2.24) is 9.97 Å². The maximum Gasteiger partial charge on any atom is 0.255 e. The standard InChI is InChI=1S/C16H19ClN2O2S/c1-4-7-21-14-6-5-12(17)8-11(14)9-13-10(2)18-16(22-3)19-15(13)20/h5-6,8H,4,7,9H2,1-3H3,(H,18,19,20). The number of nitrogens with one attached hydrogen (secondary N) is 1. The fourth-order valence-corrected chi connectivity index (χ4v) is 2.74. The highest BCUT2D eigenvalue weighted by atomic mass is 35.5. The number of thioether (sulfide) groups is 1. The molecule has 0 bridgehead atoms. The third kappa shape index (κ3) is 4.05. The van der Waals surface area contributed by atoms with Crippen molar-refractivity contribution in [1.29, 1.82) is 0 Å². The van der Waals surface area contributed by atoms with E-state index in [9.17, 15) is 4.79 Å². The van der Waals surface area contributed by atoms with Crippen molar-refractivity contribution in [3.63, 3.8) is 0 Å². The van der Waals surface area contributed by atoms with E-state index < -0.39 is 0 Å². The third-order valence-corrected chi connectivity index (χ3v) is 4.06. The molecule has 0 aliphatic carbocycles. The van der Waals surface area contributed by atoms with Gasteiger partial charge in [-0.3, -0.25) is 4.79 Å². The second-order valence-electron chi connectivity index (χ2n) is 4.92. The van der Waals surface area contributed by atoms with Crippen molar-refractivity contribution in [2.24, 2.45) is 0 Å². The lowest BCUT2D eigenvalue weighted by molar-refractivity contribution is 0.314. The summed E-state index contributed by atoms with van der Waals surface area (Å²) < 4.78 is 5.74. The van der Waals surface area contributed by atoms with E-state index >= 15 is 0 Å². The molecule has 0 unspecified atom stereocenters. The summed E-state index contributed by atoms with van der Waals surface area (Å²) in [6.45, 7) is 4.53. The van der Waals surface area contributed by atoms with Gasteiger partial charge < -0.3 is 9.72 Å². The first kappa shape index (κ1) is 16.9. The number of rotatable bonds is 6. The zero-order valence-corrected chi connectivity index (χ0v) is 14.5. The van der Waals surface area contributed by atoms with Crippen LogP contribution in [0.1, 0.15) is 30.2 Å². The predicted octanol–water partition coefficient (Wildman–Crippen LogP) is 3.83. The van der Waals surface area contributed by atoms with E-state index in [2.05, 4.69) is 16.9 Å². The Hall–Kier alpha value is -1.46. The number of aromatic amines is 1. The van der Waals surface area contributed by atoms with Gasteiger partial charge in [-0.05, 0) is 37.8 Å². The highest BCUT2D eigenvalue weighted by Crippen LogP contribution is 2.25. The molecule has 0 saturated carbocycles. The van der Waals surface area contributed by atoms with Gasteiger partial charge >= 0.3 is 0 Å². The first-order chi connectivity index (χ1) is 10.5. The van der Waals surface area contributed by atoms with Gasteiger partial charge in [-0.15, -0.1) is 0 Å². The molecule has 6 heteroatoms. The number of halogens is 1. The van der Waals surface area contributed by atoms with Crippen LogP contribution in [-0.2, 0) is 6.42 Å². The number of nitrogens with zero attached hydrogens (tertiary/aromatic N) is 1. The van der Waals surface area contributed by atoms with Gasteiger partial charge in [0.1, 0.15) is 5.75 Å². The van der Waals surface area contributed by atoms with Gasteiger partial charge in [-0.25, -0.2) is 4.98 Å². The molecule has 2 aromatic rings. The Labute approximate surface area is 139 Å². The molecule has 4 nitrogen and oxygen atoms in total. The number of hydrogen-bond donors (Lipinski definition) is 1. The smallest absolute Gasteiger partial charge is 0.255 e. The normalized spacial score (nSPS) is 10.7. The van der Waals surface area contributed by atoms with Crippen molar-refractivity contribution in [3.05, 3.63) is 50.4 Å². The molecule has 0 aliphatic rings. The minimum Gasteiger partial charge on any atom is -0.493 e. The lowest BCUT2D eigenvalue weighted by atomic mass is 10.0. The Kier molecular flexibility index (Phi) is 5.91. The molecule has 2 rings (SSSR count). The van der Waals surface area contributed by atoms with Crippen LogP contribution >= 0.6 is 23.4 Å². The van der Waals surface area contributed by atoms with Crippen LogP contribution in [0.4, 0.5) is 0 Å². The quantitative estimate of drug-likeness (QED) is 0.642. The summed E-state index contributed by atoms with van der Waals surface area (Å²) in [4.78, 5) is 19.4. The lowest BCUT2D eigenvalue weighted by Gasteiger charge is -2.12. The second-order valence-corrected chi connectivity index (χ2v) is 6.15. The maximum absolute atomic E-state index is 12.3. The first-order valence-electron chi connectivity index (χ1n) is 7.10. The van der Waals surface area contributed by atoms with Crippen LogP contribution in [-0.4, -0.2) is 22.8 Å². The van der Waals surface area contributed by atoms with Gasteiger partial charge in [0.15, 0.2) is 5.16 Å². The minimum atomic E-state index is -0.113. The Morgan fingerprint density at radius 1 is 1.41 bits per heavy atom. The van der Waals surface area contributed by atoms with Gasteiger partial charge in [0.05, 0.1) is 6.61 Å². The van der Waals surface area contributed by atoms with Gasteiger partial charge in [-0.1, -0.05) is 30.3 Å². The number of aromatic nitrogens is 2. The average Bonchev–Trinajstić information content (AvgIpc) is 2.49.